The van der Waals surface area contributed by atoms with Crippen molar-refractivity contribution in [2.24, 2.45) is 0 Å². The number of phenolic OH excluding ortho intramolecular Hbond substituents is 1. The Morgan fingerprint density at radius 1 is 1.23 bits per heavy atom. The molecule has 2 unspecified atom stereocenters. The highest BCUT2D eigenvalue weighted by Crippen LogP contribution is 2.31. The second-order valence-corrected chi connectivity index (χ2v) is 8.57. The van der Waals surface area contributed by atoms with Gasteiger partial charge in [0.25, 0.3) is 5.91 Å². The number of phenols is 1. The lowest BCUT2D eigenvalue weighted by Crippen LogP contribution is -2.30. The van der Waals surface area contributed by atoms with Gasteiger partial charge in [-0.1, -0.05) is 30.0 Å². The van der Waals surface area contributed by atoms with Crippen LogP contribution in [0.4, 0.5) is 4.39 Å². The molecular weight excluding hydrogens is 445 g/mol. The number of ether oxygens (including phenoxy) is 1. The van der Waals surface area contributed by atoms with Crippen molar-refractivity contribution in [1.82, 2.24) is 15.3 Å². The van der Waals surface area contributed by atoms with Gasteiger partial charge in [0.05, 0.1) is 6.04 Å². The Bertz CT molecular complexity index is 1430. The number of aryl methyl sites for hydroxylation is 1. The fraction of sp³-hybridized carbons (Fsp3) is 0.214. The summed E-state index contributed by atoms with van der Waals surface area (Å²) in [5.74, 6) is 5.06. The van der Waals surface area contributed by atoms with Gasteiger partial charge in [-0.2, -0.15) is 0 Å². The van der Waals surface area contributed by atoms with Crippen LogP contribution >= 0.6 is 0 Å². The van der Waals surface area contributed by atoms with E-state index in [0.717, 1.165) is 23.7 Å². The average Bonchev–Trinajstić information content (AvgIpc) is 3.52. The zero-order valence-corrected chi connectivity index (χ0v) is 19.1. The minimum absolute atomic E-state index is 0.0944. The van der Waals surface area contributed by atoms with Crippen LogP contribution in [-0.2, 0) is 4.74 Å². The predicted octanol–water partition coefficient (Wildman–Crippen LogP) is 4.77. The summed E-state index contributed by atoms with van der Waals surface area (Å²) < 4.78 is 19.7. The molecule has 1 fully saturated rings. The van der Waals surface area contributed by atoms with Crippen LogP contribution in [0.25, 0.3) is 10.9 Å². The van der Waals surface area contributed by atoms with Crippen LogP contribution in [0.2, 0.25) is 0 Å². The van der Waals surface area contributed by atoms with E-state index in [2.05, 4.69) is 27.1 Å². The number of aromatic hydroxyl groups is 1. The molecule has 7 heteroatoms. The van der Waals surface area contributed by atoms with Crippen LogP contribution < -0.4 is 5.32 Å². The van der Waals surface area contributed by atoms with Crippen LogP contribution in [0.3, 0.4) is 0 Å². The maximum absolute atomic E-state index is 14.1. The third-order valence-corrected chi connectivity index (χ3v) is 5.93. The summed E-state index contributed by atoms with van der Waals surface area (Å²) in [6.07, 6.45) is 1.79. The summed E-state index contributed by atoms with van der Waals surface area (Å²) in [5, 5.41) is 14.4. The predicted molar refractivity (Wildman–Crippen MR) is 130 cm³/mol. The van der Waals surface area contributed by atoms with Crippen LogP contribution in [0.5, 0.6) is 5.75 Å². The number of carbonyl (C=O) groups is 1. The first-order chi connectivity index (χ1) is 17.0. The molecule has 1 aliphatic heterocycles. The first-order valence-electron chi connectivity index (χ1n) is 11.4. The number of aromatic nitrogens is 2. The van der Waals surface area contributed by atoms with Gasteiger partial charge in [-0.05, 0) is 67.6 Å². The van der Waals surface area contributed by atoms with Crippen molar-refractivity contribution in [3.63, 3.8) is 0 Å². The van der Waals surface area contributed by atoms with Crippen LogP contribution in [0, 0.1) is 24.6 Å². The third kappa shape index (κ3) is 5.03. The van der Waals surface area contributed by atoms with Crippen molar-refractivity contribution in [1.29, 1.82) is 0 Å². The van der Waals surface area contributed by atoms with E-state index >= 15 is 0 Å². The molecule has 2 aromatic heterocycles. The standard InChI is InChI=1S/C28H24FN3O3/c1-17-13-18(8-10-21-6-4-12-35-21)14-25(30-17)28(34)32-27(22-16-20(29)9-11-26(22)33)24-15-19-5-2-3-7-23(19)31-24/h2-3,5,7,9,11,13-16,21,27,31,33H,4,6,12H2,1H3,(H,32,34). The first-order valence-corrected chi connectivity index (χ1v) is 11.4. The highest BCUT2D eigenvalue weighted by molar-refractivity contribution is 5.93. The first kappa shape index (κ1) is 22.6. The molecule has 3 N–H and O–H groups in total. The zero-order valence-electron chi connectivity index (χ0n) is 19.1. The molecule has 2 aromatic carbocycles. The number of rotatable bonds is 4. The lowest BCUT2D eigenvalue weighted by molar-refractivity contribution is 0.0936. The number of para-hydroxylation sites is 1. The summed E-state index contributed by atoms with van der Waals surface area (Å²) in [7, 11) is 0. The molecule has 176 valence electrons. The largest absolute Gasteiger partial charge is 0.508 e. The number of nitrogens with zero attached hydrogens (tertiary/aromatic N) is 1. The van der Waals surface area contributed by atoms with Crippen LogP contribution in [-0.4, -0.2) is 33.7 Å². The van der Waals surface area contributed by atoms with Crippen molar-refractivity contribution in [2.45, 2.75) is 31.9 Å². The second-order valence-electron chi connectivity index (χ2n) is 8.57. The molecule has 2 atom stereocenters. The van der Waals surface area contributed by atoms with Gasteiger partial charge in [0, 0.05) is 34.6 Å². The molecule has 0 bridgehead atoms. The normalized spacial score (nSPS) is 16.0. The molecule has 6 nitrogen and oxygen atoms in total. The lowest BCUT2D eigenvalue weighted by Gasteiger charge is -2.19. The van der Waals surface area contributed by atoms with E-state index in [0.29, 0.717) is 23.6 Å². The third-order valence-electron chi connectivity index (χ3n) is 5.93. The molecule has 0 spiro atoms. The number of nitrogens with one attached hydrogen (secondary N) is 2. The van der Waals surface area contributed by atoms with Crippen LogP contribution in [0.15, 0.2) is 60.7 Å². The average molecular weight is 470 g/mol. The van der Waals surface area contributed by atoms with Crippen molar-refractivity contribution >= 4 is 16.8 Å². The number of hydrogen-bond acceptors (Lipinski definition) is 4. The number of carbonyl (C=O) groups excluding carboxylic acids is 1. The van der Waals surface area contributed by atoms with Gasteiger partial charge in [-0.3, -0.25) is 4.79 Å². The smallest absolute Gasteiger partial charge is 0.270 e. The van der Waals surface area contributed by atoms with Gasteiger partial charge >= 0.3 is 0 Å². The minimum atomic E-state index is -0.839. The molecular formula is C28H24FN3O3. The molecule has 1 aliphatic rings. The van der Waals surface area contributed by atoms with E-state index in [1.54, 1.807) is 13.0 Å². The van der Waals surface area contributed by atoms with Crippen molar-refractivity contribution in [3.8, 4) is 17.6 Å². The molecule has 1 amide bonds. The van der Waals surface area contributed by atoms with Gasteiger partial charge in [-0.15, -0.1) is 0 Å². The number of halogens is 1. The number of pyridine rings is 1. The SMILES string of the molecule is Cc1cc(C#CC2CCCO2)cc(C(=O)NC(c2cc3ccccc3[nH]2)c2cc(F)ccc2O)n1. The number of amides is 1. The van der Waals surface area contributed by atoms with E-state index in [9.17, 15) is 14.3 Å². The van der Waals surface area contributed by atoms with Gasteiger partial charge in [0.2, 0.25) is 0 Å². The molecule has 35 heavy (non-hydrogen) atoms. The van der Waals surface area contributed by atoms with Crippen LogP contribution in [0.1, 0.15) is 51.9 Å². The fourth-order valence-corrected chi connectivity index (χ4v) is 4.25. The van der Waals surface area contributed by atoms with Gasteiger partial charge < -0.3 is 20.1 Å². The Kier molecular flexibility index (Phi) is 6.21. The zero-order chi connectivity index (χ0) is 24.4. The molecule has 0 saturated carbocycles. The summed E-state index contributed by atoms with van der Waals surface area (Å²) in [5.41, 5.74) is 3.18. The van der Waals surface area contributed by atoms with E-state index < -0.39 is 17.8 Å². The molecule has 4 aromatic rings. The summed E-state index contributed by atoms with van der Waals surface area (Å²) in [4.78, 5) is 21.0. The number of aromatic amines is 1. The van der Waals surface area contributed by atoms with Crippen molar-refractivity contribution < 1.29 is 19.0 Å². The maximum Gasteiger partial charge on any atom is 0.270 e. The van der Waals surface area contributed by atoms with Crippen molar-refractivity contribution in [2.75, 3.05) is 6.61 Å². The van der Waals surface area contributed by atoms with E-state index in [-0.39, 0.29) is 23.1 Å². The summed E-state index contributed by atoms with van der Waals surface area (Å²) >= 11 is 0. The number of fused-ring (bicyclic) bond motifs is 1. The maximum atomic E-state index is 14.1. The molecule has 1 saturated heterocycles. The molecule has 0 aliphatic carbocycles. The Labute approximate surface area is 202 Å². The summed E-state index contributed by atoms with van der Waals surface area (Å²) in [6.45, 7) is 2.51. The highest BCUT2D eigenvalue weighted by Gasteiger charge is 2.24. The van der Waals surface area contributed by atoms with Gasteiger partial charge in [0.1, 0.15) is 23.4 Å². The Morgan fingerprint density at radius 2 is 2.09 bits per heavy atom. The topological polar surface area (TPSA) is 87.2 Å². The fourth-order valence-electron chi connectivity index (χ4n) is 4.25. The Balaban J connectivity index is 1.49. The van der Waals surface area contributed by atoms with E-state index in [1.165, 1.54) is 18.2 Å². The van der Waals surface area contributed by atoms with E-state index in [4.69, 9.17) is 4.74 Å². The summed E-state index contributed by atoms with van der Waals surface area (Å²) in [6, 6.07) is 15.8. The van der Waals surface area contributed by atoms with Crippen molar-refractivity contribution in [3.05, 3.63) is 94.7 Å². The Morgan fingerprint density at radius 3 is 2.89 bits per heavy atom. The molecule has 3 heterocycles. The Hall–Kier alpha value is -4.15. The monoisotopic (exact) mass is 469 g/mol. The number of benzene rings is 2. The highest BCUT2D eigenvalue weighted by atomic mass is 19.1. The quantitative estimate of drug-likeness (QED) is 0.376. The van der Waals surface area contributed by atoms with E-state index in [1.807, 2.05) is 36.4 Å². The minimum Gasteiger partial charge on any atom is -0.508 e. The molecule has 0 radical (unpaired) electrons. The van der Waals surface area contributed by atoms with Gasteiger partial charge in [-0.25, -0.2) is 9.37 Å². The lowest BCUT2D eigenvalue weighted by atomic mass is 10.0. The second kappa shape index (κ2) is 9.61. The van der Waals surface area contributed by atoms with Gasteiger partial charge in [0.15, 0.2) is 0 Å². The number of H-pyrrole nitrogens is 1. The molecule has 5 rings (SSSR count). The number of hydrogen-bond donors (Lipinski definition) is 3.